The van der Waals surface area contributed by atoms with Crippen molar-refractivity contribution in [3.8, 4) is 0 Å². The van der Waals surface area contributed by atoms with Crippen molar-refractivity contribution < 1.29 is 19.4 Å². The predicted molar refractivity (Wildman–Crippen MR) is 63.0 cm³/mol. The van der Waals surface area contributed by atoms with Crippen LogP contribution in [-0.2, 0) is 14.3 Å². The molecular weight excluding hydrogens is 234 g/mol. The summed E-state index contributed by atoms with van der Waals surface area (Å²) >= 11 is 0. The van der Waals surface area contributed by atoms with Crippen LogP contribution in [0.2, 0.25) is 0 Å². The second-order valence-corrected chi connectivity index (χ2v) is 5.76. The van der Waals surface area contributed by atoms with Gasteiger partial charge in [0.2, 0.25) is 5.91 Å². The van der Waals surface area contributed by atoms with Crippen LogP contribution in [0.5, 0.6) is 0 Å². The van der Waals surface area contributed by atoms with Crippen molar-refractivity contribution in [2.75, 3.05) is 19.8 Å². The first-order valence-electron chi connectivity index (χ1n) is 6.75. The molecular formula is C13H19NO4. The number of likely N-dealkylation sites (tertiary alicyclic amines) is 1. The molecule has 3 rings (SSSR count). The number of amides is 1. The van der Waals surface area contributed by atoms with Gasteiger partial charge >= 0.3 is 5.97 Å². The Kier molecular flexibility index (Phi) is 2.81. The second kappa shape index (κ2) is 4.23. The lowest BCUT2D eigenvalue weighted by atomic mass is 9.93. The van der Waals surface area contributed by atoms with Gasteiger partial charge in [0, 0.05) is 25.7 Å². The van der Waals surface area contributed by atoms with Crippen molar-refractivity contribution in [2.24, 2.45) is 11.3 Å². The minimum atomic E-state index is -0.859. The van der Waals surface area contributed by atoms with E-state index in [1.54, 1.807) is 4.90 Å². The molecule has 1 amide bonds. The van der Waals surface area contributed by atoms with Gasteiger partial charge in [-0.2, -0.15) is 0 Å². The number of ether oxygens (including phenoxy) is 1. The summed E-state index contributed by atoms with van der Waals surface area (Å²) in [5.41, 5.74) is 0.140. The third-order valence-corrected chi connectivity index (χ3v) is 4.80. The number of nitrogens with zero attached hydrogens (tertiary/aromatic N) is 1. The predicted octanol–water partition coefficient (Wildman–Crippen LogP) is 0.879. The third-order valence-electron chi connectivity index (χ3n) is 4.80. The average Bonchev–Trinajstić information content (AvgIpc) is 2.86. The van der Waals surface area contributed by atoms with Crippen LogP contribution in [-0.4, -0.2) is 47.7 Å². The van der Waals surface area contributed by atoms with Crippen LogP contribution in [0.25, 0.3) is 0 Å². The molecule has 3 aliphatic rings. The van der Waals surface area contributed by atoms with E-state index in [2.05, 4.69) is 0 Å². The summed E-state index contributed by atoms with van der Waals surface area (Å²) < 4.78 is 5.34. The number of carboxylic acids is 1. The van der Waals surface area contributed by atoms with Crippen molar-refractivity contribution >= 4 is 11.9 Å². The molecule has 1 aliphatic carbocycles. The zero-order chi connectivity index (χ0) is 12.8. The Bertz CT molecular complexity index is 375. The van der Waals surface area contributed by atoms with Crippen LogP contribution in [0.4, 0.5) is 0 Å². The zero-order valence-electron chi connectivity index (χ0n) is 10.4. The second-order valence-electron chi connectivity index (χ2n) is 5.76. The van der Waals surface area contributed by atoms with Crippen LogP contribution in [0.15, 0.2) is 0 Å². The van der Waals surface area contributed by atoms with E-state index in [0.29, 0.717) is 13.0 Å². The number of rotatable bonds is 2. The van der Waals surface area contributed by atoms with Gasteiger partial charge in [0.15, 0.2) is 0 Å². The summed E-state index contributed by atoms with van der Waals surface area (Å²) in [6.07, 6.45) is 4.25. The van der Waals surface area contributed by atoms with Gasteiger partial charge in [-0.15, -0.1) is 0 Å². The fourth-order valence-electron chi connectivity index (χ4n) is 3.51. The van der Waals surface area contributed by atoms with Crippen LogP contribution >= 0.6 is 0 Å². The van der Waals surface area contributed by atoms with E-state index in [-0.39, 0.29) is 17.2 Å². The van der Waals surface area contributed by atoms with E-state index in [0.717, 1.165) is 38.9 Å². The Hall–Kier alpha value is -1.10. The lowest BCUT2D eigenvalue weighted by Crippen LogP contribution is -2.42. The SMILES string of the molecule is O=C(O)[C@@H]1CCCN1C(=O)[C@@H]1CC12CCOCC2. The molecule has 0 aromatic heterocycles. The van der Waals surface area contributed by atoms with Gasteiger partial charge in [0.25, 0.3) is 0 Å². The molecule has 5 heteroatoms. The number of carboxylic acid groups (broad SMARTS) is 1. The molecule has 1 saturated carbocycles. The van der Waals surface area contributed by atoms with Gasteiger partial charge in [-0.3, -0.25) is 4.79 Å². The quantitative estimate of drug-likeness (QED) is 0.793. The summed E-state index contributed by atoms with van der Waals surface area (Å²) in [6.45, 7) is 2.09. The molecule has 18 heavy (non-hydrogen) atoms. The van der Waals surface area contributed by atoms with Gasteiger partial charge in [-0.25, -0.2) is 4.79 Å². The van der Waals surface area contributed by atoms with Crippen molar-refractivity contribution in [1.29, 1.82) is 0 Å². The Labute approximate surface area is 106 Å². The number of carbonyl (C=O) groups is 2. The van der Waals surface area contributed by atoms with Gasteiger partial charge < -0.3 is 14.7 Å². The van der Waals surface area contributed by atoms with E-state index in [1.807, 2.05) is 0 Å². The normalized spacial score (nSPS) is 33.7. The average molecular weight is 253 g/mol. The van der Waals surface area contributed by atoms with Gasteiger partial charge in [-0.05, 0) is 37.5 Å². The lowest BCUT2D eigenvalue weighted by molar-refractivity contribution is -0.149. The van der Waals surface area contributed by atoms with Gasteiger partial charge in [-0.1, -0.05) is 0 Å². The molecule has 100 valence electrons. The Balaban J connectivity index is 1.67. The molecule has 1 N–H and O–H groups in total. The summed E-state index contributed by atoms with van der Waals surface area (Å²) in [5.74, 6) is -0.731. The highest BCUT2D eigenvalue weighted by molar-refractivity contribution is 5.88. The molecule has 0 radical (unpaired) electrons. The topological polar surface area (TPSA) is 66.8 Å². The first-order chi connectivity index (χ1) is 8.64. The summed E-state index contributed by atoms with van der Waals surface area (Å²) in [5, 5.41) is 9.12. The maximum Gasteiger partial charge on any atom is 0.326 e. The van der Waals surface area contributed by atoms with Crippen LogP contribution in [0, 0.1) is 11.3 Å². The fraction of sp³-hybridized carbons (Fsp3) is 0.846. The van der Waals surface area contributed by atoms with Crippen molar-refractivity contribution in [2.45, 2.75) is 38.1 Å². The van der Waals surface area contributed by atoms with Crippen LogP contribution in [0.1, 0.15) is 32.1 Å². The maximum absolute atomic E-state index is 12.4. The summed E-state index contributed by atoms with van der Waals surface area (Å²) in [6, 6.07) is -0.588. The number of hydrogen-bond acceptors (Lipinski definition) is 3. The molecule has 1 spiro atoms. The molecule has 2 aliphatic heterocycles. The monoisotopic (exact) mass is 253 g/mol. The smallest absolute Gasteiger partial charge is 0.326 e. The van der Waals surface area contributed by atoms with E-state index < -0.39 is 12.0 Å². The minimum absolute atomic E-state index is 0.0568. The van der Waals surface area contributed by atoms with Gasteiger partial charge in [0.05, 0.1) is 0 Å². The molecule has 2 heterocycles. The maximum atomic E-state index is 12.4. The minimum Gasteiger partial charge on any atom is -0.480 e. The van der Waals surface area contributed by atoms with Crippen molar-refractivity contribution in [1.82, 2.24) is 4.90 Å². The Morgan fingerprint density at radius 1 is 1.28 bits per heavy atom. The Morgan fingerprint density at radius 3 is 2.67 bits per heavy atom. The highest BCUT2D eigenvalue weighted by atomic mass is 16.5. The zero-order valence-corrected chi connectivity index (χ0v) is 10.4. The molecule has 2 saturated heterocycles. The number of hydrogen-bond donors (Lipinski definition) is 1. The molecule has 0 aromatic rings. The van der Waals surface area contributed by atoms with Crippen molar-refractivity contribution in [3.05, 3.63) is 0 Å². The molecule has 0 aromatic carbocycles. The first kappa shape index (κ1) is 12.0. The fourth-order valence-corrected chi connectivity index (χ4v) is 3.51. The highest BCUT2D eigenvalue weighted by Crippen LogP contribution is 2.60. The van der Waals surface area contributed by atoms with E-state index >= 15 is 0 Å². The summed E-state index contributed by atoms with van der Waals surface area (Å²) in [7, 11) is 0. The lowest BCUT2D eigenvalue weighted by Gasteiger charge is -2.26. The standard InChI is InChI=1S/C13H19NO4/c15-11(14-5-1-2-10(14)12(16)17)9-8-13(9)3-6-18-7-4-13/h9-10H,1-8H2,(H,16,17)/t9-,10-/m0/s1. The largest absolute Gasteiger partial charge is 0.480 e. The molecule has 0 bridgehead atoms. The number of aliphatic carboxylic acids is 1. The van der Waals surface area contributed by atoms with Crippen LogP contribution < -0.4 is 0 Å². The number of carbonyl (C=O) groups excluding carboxylic acids is 1. The molecule has 0 unspecified atom stereocenters. The molecule has 3 fully saturated rings. The van der Waals surface area contributed by atoms with Crippen LogP contribution in [0.3, 0.4) is 0 Å². The van der Waals surface area contributed by atoms with E-state index in [9.17, 15) is 9.59 Å². The highest BCUT2D eigenvalue weighted by Gasteiger charge is 2.59. The van der Waals surface area contributed by atoms with E-state index in [4.69, 9.17) is 9.84 Å². The Morgan fingerprint density at radius 2 is 2.00 bits per heavy atom. The molecule has 2 atom stereocenters. The first-order valence-corrected chi connectivity index (χ1v) is 6.75. The van der Waals surface area contributed by atoms with E-state index in [1.165, 1.54) is 0 Å². The molecule has 5 nitrogen and oxygen atoms in total. The van der Waals surface area contributed by atoms with Gasteiger partial charge in [0.1, 0.15) is 6.04 Å². The van der Waals surface area contributed by atoms with Crippen molar-refractivity contribution in [3.63, 3.8) is 0 Å². The third kappa shape index (κ3) is 1.81. The summed E-state index contributed by atoms with van der Waals surface area (Å²) in [4.78, 5) is 25.1.